The van der Waals surface area contributed by atoms with E-state index in [-0.39, 0.29) is 4.90 Å². The highest BCUT2D eigenvalue weighted by atomic mass is 32.2. The van der Waals surface area contributed by atoms with E-state index in [0.717, 1.165) is 6.42 Å². The second kappa shape index (κ2) is 5.38. The van der Waals surface area contributed by atoms with Crippen LogP contribution in [0.1, 0.15) is 37.9 Å². The lowest BCUT2D eigenvalue weighted by Gasteiger charge is -2.09. The maximum atomic E-state index is 12.0. The van der Waals surface area contributed by atoms with Gasteiger partial charge < -0.3 is 5.11 Å². The van der Waals surface area contributed by atoms with Crippen LogP contribution in [0.25, 0.3) is 0 Å². The van der Waals surface area contributed by atoms with Gasteiger partial charge in [-0.25, -0.2) is 13.1 Å². The molecule has 18 heavy (non-hydrogen) atoms. The summed E-state index contributed by atoms with van der Waals surface area (Å²) in [7, 11) is -3.45. The Hall–Kier alpha value is -0.910. The van der Waals surface area contributed by atoms with Gasteiger partial charge in [0, 0.05) is 6.54 Å². The normalized spacial score (nSPS) is 17.7. The van der Waals surface area contributed by atoms with Crippen LogP contribution in [-0.2, 0) is 10.0 Å². The smallest absolute Gasteiger partial charge is 0.240 e. The van der Waals surface area contributed by atoms with Gasteiger partial charge in [0.05, 0.1) is 11.0 Å². The fourth-order valence-electron chi connectivity index (χ4n) is 1.83. The molecule has 1 aromatic carbocycles. The van der Waals surface area contributed by atoms with E-state index in [4.69, 9.17) is 0 Å². The molecule has 1 unspecified atom stereocenters. The highest BCUT2D eigenvalue weighted by molar-refractivity contribution is 7.89. The number of nitrogens with one attached hydrogen (secondary N) is 1. The predicted octanol–water partition coefficient (Wildman–Crippen LogP) is 1.82. The molecule has 1 aliphatic carbocycles. The molecule has 0 bridgehead atoms. The van der Waals surface area contributed by atoms with E-state index in [1.165, 1.54) is 18.9 Å². The van der Waals surface area contributed by atoms with Crippen molar-refractivity contribution in [1.82, 2.24) is 4.72 Å². The fourth-order valence-corrected chi connectivity index (χ4v) is 2.93. The van der Waals surface area contributed by atoms with Crippen LogP contribution in [0, 0.1) is 5.92 Å². The molecule has 1 saturated carbocycles. The molecule has 0 amide bonds. The average Bonchev–Trinajstić information content (AvgIpc) is 3.13. The third-order valence-electron chi connectivity index (χ3n) is 3.19. The van der Waals surface area contributed by atoms with Gasteiger partial charge in [0.15, 0.2) is 0 Å². The number of aliphatic hydroxyl groups is 1. The molecule has 5 heteroatoms. The molecule has 100 valence electrons. The summed E-state index contributed by atoms with van der Waals surface area (Å²) in [6.07, 6.45) is 2.69. The Morgan fingerprint density at radius 3 is 2.78 bits per heavy atom. The van der Waals surface area contributed by atoms with Crippen molar-refractivity contribution in [2.75, 3.05) is 6.54 Å². The molecule has 0 radical (unpaired) electrons. The Bertz CT molecular complexity index is 507. The quantitative estimate of drug-likeness (QED) is 0.828. The van der Waals surface area contributed by atoms with Crippen molar-refractivity contribution in [2.45, 2.75) is 37.2 Å². The van der Waals surface area contributed by atoms with Crippen molar-refractivity contribution in [1.29, 1.82) is 0 Å². The summed E-state index contributed by atoms with van der Waals surface area (Å²) in [5.41, 5.74) is 0.611. The summed E-state index contributed by atoms with van der Waals surface area (Å²) < 4.78 is 26.6. The number of aliphatic hydroxyl groups excluding tert-OH is 1. The first-order chi connectivity index (χ1) is 8.49. The minimum Gasteiger partial charge on any atom is -0.389 e. The molecule has 4 nitrogen and oxygen atoms in total. The van der Waals surface area contributed by atoms with Crippen LogP contribution >= 0.6 is 0 Å². The third kappa shape index (κ3) is 3.54. The first kappa shape index (κ1) is 13.5. The summed E-state index contributed by atoms with van der Waals surface area (Å²) in [6, 6.07) is 6.43. The largest absolute Gasteiger partial charge is 0.389 e. The Labute approximate surface area is 108 Å². The lowest BCUT2D eigenvalue weighted by atomic mass is 10.1. The van der Waals surface area contributed by atoms with Crippen LogP contribution in [0.2, 0.25) is 0 Å². The molecule has 0 saturated heterocycles. The van der Waals surface area contributed by atoms with Crippen molar-refractivity contribution >= 4 is 10.0 Å². The molecular formula is C13H19NO3S. The van der Waals surface area contributed by atoms with Crippen LogP contribution in [0.15, 0.2) is 29.2 Å². The second-order valence-electron chi connectivity index (χ2n) is 4.88. The summed E-state index contributed by atoms with van der Waals surface area (Å²) >= 11 is 0. The third-order valence-corrected chi connectivity index (χ3v) is 4.65. The van der Waals surface area contributed by atoms with Gasteiger partial charge in [-0.2, -0.15) is 0 Å². The fraction of sp³-hybridized carbons (Fsp3) is 0.538. The molecule has 1 aliphatic rings. The van der Waals surface area contributed by atoms with E-state index in [0.29, 0.717) is 18.0 Å². The lowest BCUT2D eigenvalue weighted by molar-refractivity contribution is 0.199. The van der Waals surface area contributed by atoms with E-state index in [9.17, 15) is 13.5 Å². The van der Waals surface area contributed by atoms with Gasteiger partial charge in [0.2, 0.25) is 10.0 Å². The first-order valence-corrected chi connectivity index (χ1v) is 7.75. The van der Waals surface area contributed by atoms with Gasteiger partial charge in [0.25, 0.3) is 0 Å². The maximum Gasteiger partial charge on any atom is 0.240 e. The highest BCUT2D eigenvalue weighted by Crippen LogP contribution is 2.31. The van der Waals surface area contributed by atoms with Crippen LogP contribution < -0.4 is 4.72 Å². The molecule has 0 aromatic heterocycles. The Morgan fingerprint density at radius 1 is 1.44 bits per heavy atom. The second-order valence-corrected chi connectivity index (χ2v) is 6.65. The minimum atomic E-state index is -3.45. The zero-order chi connectivity index (χ0) is 13.2. The van der Waals surface area contributed by atoms with Gasteiger partial charge in [0.1, 0.15) is 0 Å². The van der Waals surface area contributed by atoms with Gasteiger partial charge in [-0.05, 0) is 37.0 Å². The van der Waals surface area contributed by atoms with Crippen molar-refractivity contribution in [2.24, 2.45) is 5.92 Å². The number of hydrogen-bond acceptors (Lipinski definition) is 3. The minimum absolute atomic E-state index is 0.219. The summed E-state index contributed by atoms with van der Waals surface area (Å²) in [4.78, 5) is 0.219. The number of benzene rings is 1. The monoisotopic (exact) mass is 269 g/mol. The maximum absolute atomic E-state index is 12.0. The lowest BCUT2D eigenvalue weighted by Crippen LogP contribution is -2.25. The molecule has 2 N–H and O–H groups in total. The Kier molecular flexibility index (Phi) is 4.04. The van der Waals surface area contributed by atoms with Gasteiger partial charge in [-0.1, -0.05) is 25.0 Å². The van der Waals surface area contributed by atoms with Crippen LogP contribution in [0.5, 0.6) is 0 Å². The molecule has 1 atom stereocenters. The van der Waals surface area contributed by atoms with Crippen molar-refractivity contribution in [3.05, 3.63) is 29.8 Å². The van der Waals surface area contributed by atoms with E-state index < -0.39 is 16.1 Å². The number of sulfonamides is 1. The zero-order valence-corrected chi connectivity index (χ0v) is 11.3. The molecule has 2 rings (SSSR count). The van der Waals surface area contributed by atoms with E-state index >= 15 is 0 Å². The molecule has 1 aromatic rings. The summed E-state index contributed by atoms with van der Waals surface area (Å²) in [6.45, 7) is 2.11. The summed E-state index contributed by atoms with van der Waals surface area (Å²) in [5.74, 6) is 0.705. The van der Waals surface area contributed by atoms with Crippen LogP contribution in [0.3, 0.4) is 0 Å². The molecule has 0 spiro atoms. The standard InChI is InChI=1S/C13H19NO3S/c1-10(15)12-3-2-4-13(9-12)18(16,17)14-8-7-11-5-6-11/h2-4,9-11,14-15H,5-8H2,1H3. The SMILES string of the molecule is CC(O)c1cccc(S(=O)(=O)NCCC2CC2)c1. The van der Waals surface area contributed by atoms with Crippen molar-refractivity contribution in [3.63, 3.8) is 0 Å². The Balaban J connectivity index is 2.05. The average molecular weight is 269 g/mol. The molecule has 0 aliphatic heterocycles. The number of rotatable bonds is 6. The van der Waals surface area contributed by atoms with Gasteiger partial charge in [-0.3, -0.25) is 0 Å². The molecule has 1 fully saturated rings. The first-order valence-electron chi connectivity index (χ1n) is 6.27. The van der Waals surface area contributed by atoms with Gasteiger partial charge in [-0.15, -0.1) is 0 Å². The van der Waals surface area contributed by atoms with E-state index in [1.54, 1.807) is 25.1 Å². The van der Waals surface area contributed by atoms with Crippen molar-refractivity contribution < 1.29 is 13.5 Å². The van der Waals surface area contributed by atoms with Crippen LogP contribution in [-0.4, -0.2) is 20.1 Å². The highest BCUT2D eigenvalue weighted by Gasteiger charge is 2.22. The van der Waals surface area contributed by atoms with Crippen LogP contribution in [0.4, 0.5) is 0 Å². The molecule has 0 heterocycles. The van der Waals surface area contributed by atoms with E-state index in [1.807, 2.05) is 0 Å². The molecular weight excluding hydrogens is 250 g/mol. The zero-order valence-electron chi connectivity index (χ0n) is 10.5. The summed E-state index contributed by atoms with van der Waals surface area (Å²) in [5, 5.41) is 9.46. The predicted molar refractivity (Wildman–Crippen MR) is 69.6 cm³/mol. The van der Waals surface area contributed by atoms with E-state index in [2.05, 4.69) is 4.72 Å². The van der Waals surface area contributed by atoms with Gasteiger partial charge >= 0.3 is 0 Å². The Morgan fingerprint density at radius 2 is 2.17 bits per heavy atom. The van der Waals surface area contributed by atoms with Crippen molar-refractivity contribution in [3.8, 4) is 0 Å². The topological polar surface area (TPSA) is 66.4 Å². The number of hydrogen-bond donors (Lipinski definition) is 2.